The second-order valence-electron chi connectivity index (χ2n) is 9.54. The molecule has 5 rings (SSSR count). The highest BCUT2D eigenvalue weighted by molar-refractivity contribution is 5.89. The quantitative estimate of drug-likeness (QED) is 0.493. The van der Waals surface area contributed by atoms with Crippen LogP contribution in [-0.2, 0) is 0 Å². The Bertz CT molecular complexity index is 985. The van der Waals surface area contributed by atoms with E-state index in [1.54, 1.807) is 0 Å². The van der Waals surface area contributed by atoms with Crippen molar-refractivity contribution in [2.45, 2.75) is 32.1 Å². The predicted octanol–water partition coefficient (Wildman–Crippen LogP) is 6.42. The van der Waals surface area contributed by atoms with Gasteiger partial charge in [0.2, 0.25) is 0 Å². The Labute approximate surface area is 204 Å². The summed E-state index contributed by atoms with van der Waals surface area (Å²) >= 11 is 0. The Balaban J connectivity index is 0.000000336. The molecule has 0 saturated carbocycles. The van der Waals surface area contributed by atoms with Gasteiger partial charge < -0.3 is 15.1 Å². The van der Waals surface area contributed by atoms with Crippen LogP contribution in [0.1, 0.15) is 36.3 Å². The van der Waals surface area contributed by atoms with E-state index in [-0.39, 0.29) is 6.03 Å². The zero-order valence-electron chi connectivity index (χ0n) is 20.3. The fourth-order valence-electron chi connectivity index (χ4n) is 4.96. The zero-order valence-corrected chi connectivity index (χ0v) is 20.3. The van der Waals surface area contributed by atoms with Crippen molar-refractivity contribution < 1.29 is 4.79 Å². The van der Waals surface area contributed by atoms with Crippen LogP contribution in [0.3, 0.4) is 0 Å². The maximum atomic E-state index is 12.5. The lowest BCUT2D eigenvalue weighted by atomic mass is 9.89. The fraction of sp³-hybridized carbons (Fsp3) is 0.367. The van der Waals surface area contributed by atoms with Gasteiger partial charge in [0, 0.05) is 25.3 Å². The smallest absolute Gasteiger partial charge is 0.321 e. The first-order valence-corrected chi connectivity index (χ1v) is 12.6. The molecular weight excluding hydrogens is 418 g/mol. The van der Waals surface area contributed by atoms with E-state index in [2.05, 4.69) is 59.6 Å². The molecule has 3 aromatic carbocycles. The van der Waals surface area contributed by atoms with Crippen LogP contribution in [-0.4, -0.2) is 48.6 Å². The molecule has 0 spiro atoms. The van der Waals surface area contributed by atoms with Gasteiger partial charge in [-0.1, -0.05) is 84.4 Å². The Hall–Kier alpha value is -3.11. The second kappa shape index (κ2) is 12.4. The molecule has 4 heteroatoms. The fourth-order valence-corrected chi connectivity index (χ4v) is 4.96. The maximum Gasteiger partial charge on any atom is 0.321 e. The number of likely N-dealkylation sites (tertiary alicyclic amines) is 2. The molecule has 178 valence electrons. The minimum absolute atomic E-state index is 0.0338. The molecule has 3 aromatic rings. The van der Waals surface area contributed by atoms with Crippen LogP contribution in [0.25, 0.3) is 0 Å². The number of amides is 2. The lowest BCUT2D eigenvalue weighted by Crippen LogP contribution is -2.38. The van der Waals surface area contributed by atoms with Gasteiger partial charge in [0.1, 0.15) is 0 Å². The number of piperidine rings is 1. The predicted molar refractivity (Wildman–Crippen MR) is 141 cm³/mol. The first-order chi connectivity index (χ1) is 16.7. The zero-order chi connectivity index (χ0) is 23.6. The van der Waals surface area contributed by atoms with Gasteiger partial charge in [0.15, 0.2) is 0 Å². The Morgan fingerprint density at radius 3 is 1.97 bits per heavy atom. The van der Waals surface area contributed by atoms with Crippen LogP contribution in [0.5, 0.6) is 0 Å². The van der Waals surface area contributed by atoms with Crippen molar-refractivity contribution in [1.82, 2.24) is 9.80 Å². The second-order valence-corrected chi connectivity index (χ2v) is 9.54. The molecule has 2 amide bonds. The Kier molecular flexibility index (Phi) is 8.75. The lowest BCUT2D eigenvalue weighted by molar-refractivity contribution is 0.181. The largest absolute Gasteiger partial charge is 0.324 e. The van der Waals surface area contributed by atoms with Gasteiger partial charge in [-0.15, -0.1) is 0 Å². The van der Waals surface area contributed by atoms with E-state index in [0.29, 0.717) is 11.8 Å². The molecule has 1 atom stereocenters. The number of hydrogen-bond acceptors (Lipinski definition) is 2. The number of carbonyl (C=O) groups excluding carboxylic acids is 1. The van der Waals surface area contributed by atoms with Crippen molar-refractivity contribution in [1.29, 1.82) is 0 Å². The molecule has 2 aliphatic rings. The highest BCUT2D eigenvalue weighted by Crippen LogP contribution is 2.29. The van der Waals surface area contributed by atoms with Gasteiger partial charge >= 0.3 is 6.03 Å². The standard InChI is InChI=1S/C23H29N3O.C7H8/c27-23(24-22-9-5-2-6-10-22)26-16-11-19(18-26)17-25-14-12-21(13-15-25)20-7-3-1-4-8-20;1-7-5-3-2-4-6-7/h1-10,19,21H,11-18H2,(H,24,27);2-6H,1H3/t19-;/m0./s1. The molecule has 0 radical (unpaired) electrons. The van der Waals surface area contributed by atoms with E-state index in [9.17, 15) is 4.79 Å². The average molecular weight is 456 g/mol. The number of benzene rings is 3. The number of hydrogen-bond donors (Lipinski definition) is 1. The lowest BCUT2D eigenvalue weighted by Gasteiger charge is -2.33. The molecule has 2 saturated heterocycles. The molecule has 0 aliphatic carbocycles. The molecule has 4 nitrogen and oxygen atoms in total. The van der Waals surface area contributed by atoms with E-state index in [4.69, 9.17) is 0 Å². The number of urea groups is 1. The summed E-state index contributed by atoms with van der Waals surface area (Å²) in [5, 5.41) is 3.01. The third kappa shape index (κ3) is 7.19. The first kappa shape index (κ1) is 24.0. The summed E-state index contributed by atoms with van der Waals surface area (Å²) in [6.07, 6.45) is 3.60. The molecular formula is C30H37N3O. The van der Waals surface area contributed by atoms with Crippen LogP contribution >= 0.6 is 0 Å². The van der Waals surface area contributed by atoms with Gasteiger partial charge in [0.25, 0.3) is 0 Å². The molecule has 34 heavy (non-hydrogen) atoms. The number of nitrogens with one attached hydrogen (secondary N) is 1. The highest BCUT2D eigenvalue weighted by Gasteiger charge is 2.29. The van der Waals surface area contributed by atoms with Gasteiger partial charge in [-0.3, -0.25) is 0 Å². The summed E-state index contributed by atoms with van der Waals surface area (Å²) in [7, 11) is 0. The topological polar surface area (TPSA) is 35.6 Å². The van der Waals surface area contributed by atoms with Crippen molar-refractivity contribution >= 4 is 11.7 Å². The van der Waals surface area contributed by atoms with Crippen LogP contribution in [0.4, 0.5) is 10.5 Å². The normalized spacial score (nSPS) is 18.7. The summed E-state index contributed by atoms with van der Waals surface area (Å²) in [6.45, 7) is 7.29. The number of anilines is 1. The Morgan fingerprint density at radius 1 is 0.794 bits per heavy atom. The van der Waals surface area contributed by atoms with Crippen molar-refractivity contribution in [2.75, 3.05) is 38.0 Å². The highest BCUT2D eigenvalue weighted by atomic mass is 16.2. The summed E-state index contributed by atoms with van der Waals surface area (Å²) in [5.41, 5.74) is 3.68. The van der Waals surface area contributed by atoms with Crippen LogP contribution in [0.15, 0.2) is 91.0 Å². The molecule has 0 bridgehead atoms. The summed E-state index contributed by atoms with van der Waals surface area (Å²) in [6, 6.07) is 30.9. The van der Waals surface area contributed by atoms with E-state index in [1.807, 2.05) is 53.4 Å². The van der Waals surface area contributed by atoms with E-state index < -0.39 is 0 Å². The monoisotopic (exact) mass is 455 g/mol. The van der Waals surface area contributed by atoms with Crippen LogP contribution in [0, 0.1) is 12.8 Å². The van der Waals surface area contributed by atoms with E-state index >= 15 is 0 Å². The van der Waals surface area contributed by atoms with Gasteiger partial charge in [-0.25, -0.2) is 4.79 Å². The number of nitrogens with zero attached hydrogens (tertiary/aromatic N) is 2. The van der Waals surface area contributed by atoms with Crippen LogP contribution < -0.4 is 5.32 Å². The third-order valence-corrected chi connectivity index (χ3v) is 6.91. The molecule has 2 fully saturated rings. The van der Waals surface area contributed by atoms with Crippen molar-refractivity contribution in [3.63, 3.8) is 0 Å². The van der Waals surface area contributed by atoms with Crippen molar-refractivity contribution in [2.24, 2.45) is 5.92 Å². The SMILES string of the molecule is Cc1ccccc1.O=C(Nc1ccccc1)N1CC[C@@H](CN2CCC(c3ccccc3)CC2)C1. The minimum Gasteiger partial charge on any atom is -0.324 e. The number of para-hydroxylation sites is 1. The first-order valence-electron chi connectivity index (χ1n) is 12.6. The number of rotatable bonds is 4. The minimum atomic E-state index is 0.0338. The molecule has 1 N–H and O–H groups in total. The van der Waals surface area contributed by atoms with E-state index in [1.165, 1.54) is 37.1 Å². The molecule has 2 aliphatic heterocycles. The Morgan fingerprint density at radius 2 is 1.38 bits per heavy atom. The number of carbonyl (C=O) groups is 1. The third-order valence-electron chi connectivity index (χ3n) is 6.91. The summed E-state index contributed by atoms with van der Waals surface area (Å²) in [5.74, 6) is 1.30. The molecule has 2 heterocycles. The number of aryl methyl sites for hydroxylation is 1. The molecule has 0 unspecified atom stereocenters. The van der Waals surface area contributed by atoms with Gasteiger partial charge in [0.05, 0.1) is 0 Å². The van der Waals surface area contributed by atoms with Gasteiger partial charge in [-0.05, 0) is 68.8 Å². The molecule has 0 aromatic heterocycles. The maximum absolute atomic E-state index is 12.5. The van der Waals surface area contributed by atoms with Crippen molar-refractivity contribution in [3.8, 4) is 0 Å². The van der Waals surface area contributed by atoms with Crippen LogP contribution in [0.2, 0.25) is 0 Å². The van der Waals surface area contributed by atoms with Gasteiger partial charge in [-0.2, -0.15) is 0 Å². The van der Waals surface area contributed by atoms with Crippen molar-refractivity contribution in [3.05, 3.63) is 102 Å². The summed E-state index contributed by atoms with van der Waals surface area (Å²) in [4.78, 5) is 17.0. The summed E-state index contributed by atoms with van der Waals surface area (Å²) < 4.78 is 0. The van der Waals surface area contributed by atoms with E-state index in [0.717, 1.165) is 31.7 Å². The average Bonchev–Trinajstić information content (AvgIpc) is 3.35.